The smallest absolute Gasteiger partial charge is 0.326 e. The van der Waals surface area contributed by atoms with Gasteiger partial charge in [0.2, 0.25) is 0 Å². The van der Waals surface area contributed by atoms with E-state index in [1.165, 1.54) is 0 Å². The van der Waals surface area contributed by atoms with E-state index < -0.39 is 24.0 Å². The summed E-state index contributed by atoms with van der Waals surface area (Å²) in [5.74, 6) is -1.53. The number of carboxylic acid groups (broad SMARTS) is 1. The monoisotopic (exact) mass is 289 g/mol. The van der Waals surface area contributed by atoms with E-state index >= 15 is 0 Å². The normalized spacial score (nSPS) is 21.9. The molecule has 2 heterocycles. The van der Waals surface area contributed by atoms with Gasteiger partial charge in [0.05, 0.1) is 6.10 Å². The average molecular weight is 289 g/mol. The first-order valence-corrected chi connectivity index (χ1v) is 6.68. The first kappa shape index (κ1) is 13.6. The van der Waals surface area contributed by atoms with E-state index in [1.54, 1.807) is 6.07 Å². The molecule has 1 aromatic carbocycles. The highest BCUT2D eigenvalue weighted by Crippen LogP contribution is 2.26. The van der Waals surface area contributed by atoms with Crippen molar-refractivity contribution in [1.82, 2.24) is 4.90 Å². The molecule has 1 amide bonds. The number of amides is 1. The van der Waals surface area contributed by atoms with Gasteiger partial charge in [0.15, 0.2) is 5.76 Å². The lowest BCUT2D eigenvalue weighted by Crippen LogP contribution is -2.40. The topological polar surface area (TPSA) is 91.0 Å². The number of β-amino-alcohol motifs (C(OH)–C–C–N with tert-alkyl or cyclic N) is 1. The number of hydrogen-bond donors (Lipinski definition) is 2. The molecule has 0 bridgehead atoms. The minimum absolute atomic E-state index is 0.00578. The molecule has 1 fully saturated rings. The zero-order valence-electron chi connectivity index (χ0n) is 11.4. The van der Waals surface area contributed by atoms with E-state index in [4.69, 9.17) is 9.52 Å². The molecule has 1 aromatic heterocycles. The fourth-order valence-corrected chi connectivity index (χ4v) is 2.73. The molecule has 0 aliphatic carbocycles. The quantitative estimate of drug-likeness (QED) is 0.872. The van der Waals surface area contributed by atoms with Crippen LogP contribution in [-0.4, -0.2) is 45.7 Å². The summed E-state index contributed by atoms with van der Waals surface area (Å²) in [4.78, 5) is 24.8. The molecule has 0 radical (unpaired) electrons. The van der Waals surface area contributed by atoms with E-state index in [0.29, 0.717) is 5.58 Å². The molecule has 1 saturated heterocycles. The lowest BCUT2D eigenvalue weighted by molar-refractivity contribution is -0.141. The number of aryl methyl sites for hydroxylation is 1. The number of aliphatic hydroxyl groups excluding tert-OH is 1. The summed E-state index contributed by atoms with van der Waals surface area (Å²) in [7, 11) is 0. The third kappa shape index (κ3) is 2.27. The van der Waals surface area contributed by atoms with Crippen LogP contribution in [0.5, 0.6) is 0 Å². The number of furan rings is 1. The van der Waals surface area contributed by atoms with E-state index in [0.717, 1.165) is 15.8 Å². The van der Waals surface area contributed by atoms with Gasteiger partial charge in [-0.3, -0.25) is 4.79 Å². The molecule has 0 saturated carbocycles. The number of rotatable bonds is 2. The Hall–Kier alpha value is -2.34. The van der Waals surface area contributed by atoms with Gasteiger partial charge in [-0.1, -0.05) is 18.2 Å². The fraction of sp³-hybridized carbons (Fsp3) is 0.333. The summed E-state index contributed by atoms with van der Waals surface area (Å²) >= 11 is 0. The zero-order chi connectivity index (χ0) is 15.1. The van der Waals surface area contributed by atoms with Crippen molar-refractivity contribution in [2.45, 2.75) is 25.5 Å². The Kier molecular flexibility index (Phi) is 3.17. The minimum Gasteiger partial charge on any atom is -0.480 e. The average Bonchev–Trinajstić information content (AvgIpc) is 3.02. The Morgan fingerprint density at radius 3 is 2.81 bits per heavy atom. The van der Waals surface area contributed by atoms with Crippen LogP contribution in [0.25, 0.3) is 11.0 Å². The van der Waals surface area contributed by atoms with Gasteiger partial charge < -0.3 is 19.5 Å². The Balaban J connectivity index is 1.96. The van der Waals surface area contributed by atoms with Crippen LogP contribution in [0.1, 0.15) is 22.5 Å². The largest absolute Gasteiger partial charge is 0.480 e. The van der Waals surface area contributed by atoms with Crippen LogP contribution in [0.2, 0.25) is 0 Å². The Morgan fingerprint density at radius 1 is 1.38 bits per heavy atom. The maximum atomic E-state index is 12.4. The number of nitrogens with zero attached hydrogens (tertiary/aromatic N) is 1. The molecule has 6 heteroatoms. The zero-order valence-corrected chi connectivity index (χ0v) is 11.4. The predicted molar refractivity (Wildman–Crippen MR) is 74.0 cm³/mol. The summed E-state index contributed by atoms with van der Waals surface area (Å²) in [6.45, 7) is 1.88. The molecule has 2 N–H and O–H groups in total. The standard InChI is InChI=1S/C15H15NO5/c1-8-3-2-4-9-5-12(21-13(8)9)14(18)16-7-10(17)6-11(16)15(19)20/h2-5,10-11,17H,6-7H2,1H3,(H,19,20)/t10-,11+/m1/s1. The van der Waals surface area contributed by atoms with Crippen molar-refractivity contribution in [3.8, 4) is 0 Å². The van der Waals surface area contributed by atoms with Gasteiger partial charge in [-0.2, -0.15) is 0 Å². The highest BCUT2D eigenvalue weighted by molar-refractivity contribution is 5.98. The molecule has 2 aromatic rings. The van der Waals surface area contributed by atoms with E-state index in [-0.39, 0.29) is 18.7 Å². The molecule has 110 valence electrons. The van der Waals surface area contributed by atoms with Gasteiger partial charge in [0, 0.05) is 18.4 Å². The third-order valence-electron chi connectivity index (χ3n) is 3.78. The minimum atomic E-state index is -1.12. The van der Waals surface area contributed by atoms with E-state index in [1.807, 2.05) is 25.1 Å². The van der Waals surface area contributed by atoms with Crippen LogP contribution in [-0.2, 0) is 4.79 Å². The second-order valence-corrected chi connectivity index (χ2v) is 5.30. The second-order valence-electron chi connectivity index (χ2n) is 5.30. The summed E-state index contributed by atoms with van der Waals surface area (Å²) in [6.07, 6.45) is -0.776. The van der Waals surface area contributed by atoms with Gasteiger partial charge in [0.25, 0.3) is 5.91 Å². The Bertz CT molecular complexity index is 720. The number of aliphatic hydroxyl groups is 1. The molecule has 0 unspecified atom stereocenters. The van der Waals surface area contributed by atoms with Crippen molar-refractivity contribution in [1.29, 1.82) is 0 Å². The van der Waals surface area contributed by atoms with Crippen molar-refractivity contribution in [2.24, 2.45) is 0 Å². The molecular formula is C15H15NO5. The molecule has 1 aliphatic heterocycles. The number of likely N-dealkylation sites (tertiary alicyclic amines) is 1. The van der Waals surface area contributed by atoms with Crippen LogP contribution in [0.3, 0.4) is 0 Å². The summed E-state index contributed by atoms with van der Waals surface area (Å²) in [6, 6.07) is 6.16. The van der Waals surface area contributed by atoms with Crippen molar-refractivity contribution >= 4 is 22.8 Å². The van der Waals surface area contributed by atoms with Crippen LogP contribution < -0.4 is 0 Å². The first-order chi connectivity index (χ1) is 9.97. The maximum Gasteiger partial charge on any atom is 0.326 e. The van der Waals surface area contributed by atoms with Gasteiger partial charge in [0.1, 0.15) is 11.6 Å². The molecule has 21 heavy (non-hydrogen) atoms. The number of fused-ring (bicyclic) bond motifs is 1. The Morgan fingerprint density at radius 2 is 2.14 bits per heavy atom. The lowest BCUT2D eigenvalue weighted by atomic mass is 10.2. The number of aliphatic carboxylic acids is 1. The second kappa shape index (κ2) is 4.89. The van der Waals surface area contributed by atoms with Crippen molar-refractivity contribution in [2.75, 3.05) is 6.54 Å². The summed E-state index contributed by atoms with van der Waals surface area (Å²) in [5, 5.41) is 19.6. The number of hydrogen-bond acceptors (Lipinski definition) is 4. The third-order valence-corrected chi connectivity index (χ3v) is 3.78. The van der Waals surface area contributed by atoms with E-state index in [9.17, 15) is 14.7 Å². The molecule has 3 rings (SSSR count). The summed E-state index contributed by atoms with van der Waals surface area (Å²) < 4.78 is 5.57. The van der Waals surface area contributed by atoms with Gasteiger partial charge in [-0.15, -0.1) is 0 Å². The van der Waals surface area contributed by atoms with Gasteiger partial charge in [-0.25, -0.2) is 4.79 Å². The molecule has 2 atom stereocenters. The lowest BCUT2D eigenvalue weighted by Gasteiger charge is -2.19. The van der Waals surface area contributed by atoms with E-state index in [2.05, 4.69) is 0 Å². The fourth-order valence-electron chi connectivity index (χ4n) is 2.73. The van der Waals surface area contributed by atoms with Crippen molar-refractivity contribution < 1.29 is 24.2 Å². The number of benzene rings is 1. The Labute approximate surface area is 120 Å². The van der Waals surface area contributed by atoms with Crippen LogP contribution in [0.15, 0.2) is 28.7 Å². The van der Waals surface area contributed by atoms with Crippen molar-refractivity contribution in [3.05, 3.63) is 35.6 Å². The van der Waals surface area contributed by atoms with Crippen LogP contribution in [0.4, 0.5) is 0 Å². The highest BCUT2D eigenvalue weighted by Gasteiger charge is 2.40. The van der Waals surface area contributed by atoms with Crippen LogP contribution in [0, 0.1) is 6.92 Å². The number of carboxylic acids is 1. The SMILES string of the molecule is Cc1cccc2cc(C(=O)N3C[C@H](O)C[C@H]3C(=O)O)oc12. The molecule has 1 aliphatic rings. The highest BCUT2D eigenvalue weighted by atomic mass is 16.4. The van der Waals surface area contributed by atoms with Crippen LogP contribution >= 0.6 is 0 Å². The van der Waals surface area contributed by atoms with Gasteiger partial charge >= 0.3 is 5.97 Å². The molecule has 0 spiro atoms. The summed E-state index contributed by atoms with van der Waals surface area (Å²) in [5.41, 5.74) is 1.52. The molecular weight excluding hydrogens is 274 g/mol. The van der Waals surface area contributed by atoms with Crippen molar-refractivity contribution in [3.63, 3.8) is 0 Å². The molecule has 6 nitrogen and oxygen atoms in total. The number of para-hydroxylation sites is 1. The number of carbonyl (C=O) groups is 2. The number of carbonyl (C=O) groups excluding carboxylic acids is 1. The van der Waals surface area contributed by atoms with Gasteiger partial charge in [-0.05, 0) is 18.6 Å². The predicted octanol–water partition coefficient (Wildman–Crippen LogP) is 1.40. The first-order valence-electron chi connectivity index (χ1n) is 6.68. The maximum absolute atomic E-state index is 12.4.